The maximum absolute atomic E-state index is 13.4. The zero-order chi connectivity index (χ0) is 20.6. The van der Waals surface area contributed by atoms with E-state index in [1.165, 1.54) is 6.07 Å². The smallest absolute Gasteiger partial charge is 0.370 e. The number of nitrogens with one attached hydrogen (secondary N) is 1. The third-order valence-corrected chi connectivity index (χ3v) is 6.76. The Labute approximate surface area is 180 Å². The van der Waals surface area contributed by atoms with Gasteiger partial charge in [-0.05, 0) is 57.0 Å². The van der Waals surface area contributed by atoms with Crippen LogP contribution in [0.5, 0.6) is 0 Å². The Balaban J connectivity index is 0.00000256. The number of anilines is 1. The number of hydrogen-bond acceptors (Lipinski definition) is 4. The van der Waals surface area contributed by atoms with Crippen LogP contribution < -0.4 is 10.2 Å². The Morgan fingerprint density at radius 2 is 1.87 bits per heavy atom. The number of likely N-dealkylation sites (tertiary alicyclic amines) is 1. The van der Waals surface area contributed by atoms with Gasteiger partial charge in [0.2, 0.25) is 5.91 Å². The zero-order valence-corrected chi connectivity index (χ0v) is 17.5. The minimum atomic E-state index is -4.59. The van der Waals surface area contributed by atoms with Gasteiger partial charge < -0.3 is 15.1 Å². The van der Waals surface area contributed by atoms with Gasteiger partial charge in [0, 0.05) is 37.3 Å². The summed E-state index contributed by atoms with van der Waals surface area (Å²) in [5.41, 5.74) is -1.06. The molecular formula is C21H26ClF3N4O. The number of nitriles is 1. The maximum atomic E-state index is 13.4. The van der Waals surface area contributed by atoms with Crippen molar-refractivity contribution in [2.45, 2.75) is 31.9 Å². The van der Waals surface area contributed by atoms with Crippen LogP contribution in [0, 0.1) is 22.7 Å². The topological polar surface area (TPSA) is 59.4 Å². The molecule has 3 saturated heterocycles. The van der Waals surface area contributed by atoms with Crippen molar-refractivity contribution in [3.63, 3.8) is 0 Å². The first-order valence-corrected chi connectivity index (χ1v) is 10.2. The van der Waals surface area contributed by atoms with Crippen molar-refractivity contribution >= 4 is 24.0 Å². The molecule has 1 N–H and O–H groups in total. The SMILES string of the molecule is Cl.N#Cc1ccc(N2CC(C(=O)N3CCCC3)C3(CCNCC3)C2)cc1C(F)(F)F. The Kier molecular flexibility index (Phi) is 6.54. The summed E-state index contributed by atoms with van der Waals surface area (Å²) in [7, 11) is 0. The summed E-state index contributed by atoms with van der Waals surface area (Å²) < 4.78 is 40.3. The number of hydrogen-bond donors (Lipinski definition) is 1. The number of rotatable bonds is 2. The fraction of sp³-hybridized carbons (Fsp3) is 0.619. The maximum Gasteiger partial charge on any atom is 0.417 e. The van der Waals surface area contributed by atoms with E-state index in [0.29, 0.717) is 18.8 Å². The molecule has 164 valence electrons. The lowest BCUT2D eigenvalue weighted by atomic mass is 9.70. The summed E-state index contributed by atoms with van der Waals surface area (Å²) in [6.45, 7) is 4.19. The molecule has 0 radical (unpaired) electrons. The molecule has 1 spiro atoms. The number of benzene rings is 1. The Morgan fingerprint density at radius 3 is 2.47 bits per heavy atom. The molecule has 3 aliphatic rings. The van der Waals surface area contributed by atoms with Crippen LogP contribution in [-0.4, -0.2) is 50.1 Å². The number of halogens is 4. The van der Waals surface area contributed by atoms with Gasteiger partial charge in [-0.3, -0.25) is 4.79 Å². The van der Waals surface area contributed by atoms with Crippen molar-refractivity contribution in [3.8, 4) is 6.07 Å². The summed E-state index contributed by atoms with van der Waals surface area (Å²) in [5.74, 6) is -0.0516. The van der Waals surface area contributed by atoms with Crippen molar-refractivity contribution in [1.82, 2.24) is 10.2 Å². The van der Waals surface area contributed by atoms with Crippen LogP contribution in [0.2, 0.25) is 0 Å². The van der Waals surface area contributed by atoms with Crippen molar-refractivity contribution in [1.29, 1.82) is 5.26 Å². The molecule has 5 nitrogen and oxygen atoms in total. The van der Waals surface area contributed by atoms with E-state index in [1.807, 2.05) is 9.80 Å². The second kappa shape index (κ2) is 8.64. The first-order chi connectivity index (χ1) is 13.8. The number of alkyl halides is 3. The predicted molar refractivity (Wildman–Crippen MR) is 109 cm³/mol. The third kappa shape index (κ3) is 4.10. The number of piperidine rings is 1. The molecule has 0 saturated carbocycles. The normalized spacial score (nSPS) is 23.3. The molecule has 3 heterocycles. The lowest BCUT2D eigenvalue weighted by Crippen LogP contribution is -2.47. The van der Waals surface area contributed by atoms with E-state index < -0.39 is 11.7 Å². The van der Waals surface area contributed by atoms with Crippen LogP contribution in [0.4, 0.5) is 18.9 Å². The van der Waals surface area contributed by atoms with E-state index >= 15 is 0 Å². The van der Waals surface area contributed by atoms with Crippen LogP contribution in [0.25, 0.3) is 0 Å². The van der Waals surface area contributed by atoms with Crippen molar-refractivity contribution < 1.29 is 18.0 Å². The van der Waals surface area contributed by atoms with E-state index in [9.17, 15) is 18.0 Å². The van der Waals surface area contributed by atoms with Gasteiger partial charge in [0.1, 0.15) is 0 Å². The molecule has 30 heavy (non-hydrogen) atoms. The second-order valence-corrected chi connectivity index (χ2v) is 8.42. The second-order valence-electron chi connectivity index (χ2n) is 8.42. The molecule has 1 amide bonds. The third-order valence-electron chi connectivity index (χ3n) is 6.76. The van der Waals surface area contributed by atoms with Crippen molar-refractivity contribution in [2.24, 2.45) is 11.3 Å². The van der Waals surface area contributed by atoms with Gasteiger partial charge in [-0.15, -0.1) is 12.4 Å². The molecule has 1 atom stereocenters. The molecule has 9 heteroatoms. The highest BCUT2D eigenvalue weighted by molar-refractivity contribution is 5.85. The number of carbonyl (C=O) groups is 1. The molecule has 4 rings (SSSR count). The minimum absolute atomic E-state index is 0. The summed E-state index contributed by atoms with van der Waals surface area (Å²) >= 11 is 0. The molecule has 3 fully saturated rings. The number of amides is 1. The standard InChI is InChI=1S/C21H25F3N4O.ClH/c22-21(23,24)17-11-16(4-3-15(17)12-25)28-13-18(19(29)27-9-1-2-10-27)20(14-28)5-7-26-8-6-20;/h3-4,11,18,26H,1-2,5-10,13-14H2;1H. The van der Waals surface area contributed by atoms with Gasteiger partial charge in [0.15, 0.2) is 0 Å². The quantitative estimate of drug-likeness (QED) is 0.762. The summed E-state index contributed by atoms with van der Waals surface area (Å²) in [5, 5.41) is 12.4. The highest BCUT2D eigenvalue weighted by Crippen LogP contribution is 2.46. The van der Waals surface area contributed by atoms with E-state index in [1.54, 1.807) is 12.1 Å². The van der Waals surface area contributed by atoms with E-state index in [-0.39, 0.29) is 35.2 Å². The Bertz CT molecular complexity index is 827. The average molecular weight is 443 g/mol. The van der Waals surface area contributed by atoms with E-state index in [4.69, 9.17) is 5.26 Å². The Hall–Kier alpha value is -1.98. The minimum Gasteiger partial charge on any atom is -0.370 e. The van der Waals surface area contributed by atoms with Crippen molar-refractivity contribution in [2.75, 3.05) is 44.2 Å². The molecule has 0 aliphatic carbocycles. The van der Waals surface area contributed by atoms with Crippen LogP contribution in [0.1, 0.15) is 36.8 Å². The largest absolute Gasteiger partial charge is 0.417 e. The first-order valence-electron chi connectivity index (χ1n) is 10.2. The van der Waals surface area contributed by atoms with Gasteiger partial charge in [-0.1, -0.05) is 0 Å². The fourth-order valence-corrected chi connectivity index (χ4v) is 5.16. The predicted octanol–water partition coefficient (Wildman–Crippen LogP) is 3.43. The van der Waals surface area contributed by atoms with Crippen LogP contribution in [0.15, 0.2) is 18.2 Å². The van der Waals surface area contributed by atoms with Crippen LogP contribution in [-0.2, 0) is 11.0 Å². The van der Waals surface area contributed by atoms with Crippen LogP contribution >= 0.6 is 12.4 Å². The molecule has 1 aromatic rings. The average Bonchev–Trinajstić information content (AvgIpc) is 3.36. The molecule has 1 unspecified atom stereocenters. The number of nitrogens with zero attached hydrogens (tertiary/aromatic N) is 3. The highest BCUT2D eigenvalue weighted by atomic mass is 35.5. The van der Waals surface area contributed by atoms with Gasteiger partial charge in [-0.25, -0.2) is 0 Å². The van der Waals surface area contributed by atoms with Gasteiger partial charge >= 0.3 is 6.18 Å². The molecule has 1 aromatic carbocycles. The summed E-state index contributed by atoms with van der Waals surface area (Å²) in [6.07, 6.45) is -0.868. The summed E-state index contributed by atoms with van der Waals surface area (Å²) in [4.78, 5) is 17.1. The molecule has 0 aromatic heterocycles. The van der Waals surface area contributed by atoms with Gasteiger partial charge in [-0.2, -0.15) is 18.4 Å². The molecule has 0 bridgehead atoms. The van der Waals surface area contributed by atoms with Gasteiger partial charge in [0.05, 0.1) is 23.1 Å². The lowest BCUT2D eigenvalue weighted by molar-refractivity contribution is -0.138. The van der Waals surface area contributed by atoms with Crippen molar-refractivity contribution in [3.05, 3.63) is 29.3 Å². The highest BCUT2D eigenvalue weighted by Gasteiger charge is 2.51. The van der Waals surface area contributed by atoms with E-state index in [0.717, 1.165) is 57.9 Å². The first kappa shape index (κ1) is 22.7. The van der Waals surface area contributed by atoms with Crippen LogP contribution in [0.3, 0.4) is 0 Å². The zero-order valence-electron chi connectivity index (χ0n) is 16.7. The molecule has 3 aliphatic heterocycles. The molecular weight excluding hydrogens is 417 g/mol. The lowest BCUT2D eigenvalue weighted by Gasteiger charge is -2.39. The Morgan fingerprint density at radius 1 is 1.20 bits per heavy atom. The summed E-state index contributed by atoms with van der Waals surface area (Å²) in [6, 6.07) is 5.51. The fourth-order valence-electron chi connectivity index (χ4n) is 5.16. The number of carbonyl (C=O) groups excluding carboxylic acids is 1. The monoisotopic (exact) mass is 442 g/mol. The van der Waals surface area contributed by atoms with E-state index in [2.05, 4.69) is 5.32 Å². The van der Waals surface area contributed by atoms with Gasteiger partial charge in [0.25, 0.3) is 0 Å².